The number of hydrogen-bond acceptors (Lipinski definition) is 3. The van der Waals surface area contributed by atoms with Gasteiger partial charge in [-0.1, -0.05) is 12.1 Å². The van der Waals surface area contributed by atoms with Crippen molar-refractivity contribution in [1.82, 2.24) is 14.5 Å². The Kier molecular flexibility index (Phi) is 3.85. The SMILES string of the molecule is N#Cc1cccc2c1nc(CCCl)n2Cc1ccccn1. The lowest BCUT2D eigenvalue weighted by atomic mass is 10.2. The first-order chi connectivity index (χ1) is 10.3. The number of fused-ring (bicyclic) bond motifs is 1. The molecule has 2 aromatic heterocycles. The second-order valence-electron chi connectivity index (χ2n) is 4.66. The van der Waals surface area contributed by atoms with E-state index in [-0.39, 0.29) is 0 Å². The summed E-state index contributed by atoms with van der Waals surface area (Å²) in [5, 5.41) is 9.22. The molecule has 4 nitrogen and oxygen atoms in total. The molecule has 3 aromatic rings. The second-order valence-corrected chi connectivity index (χ2v) is 5.04. The summed E-state index contributed by atoms with van der Waals surface area (Å²) in [6, 6.07) is 13.7. The fraction of sp³-hybridized carbons (Fsp3) is 0.188. The minimum absolute atomic E-state index is 0.493. The number of hydrogen-bond donors (Lipinski definition) is 0. The van der Waals surface area contributed by atoms with Crippen molar-refractivity contribution in [3.05, 3.63) is 59.7 Å². The number of pyridine rings is 1. The van der Waals surface area contributed by atoms with Crippen molar-refractivity contribution in [3.8, 4) is 6.07 Å². The van der Waals surface area contributed by atoms with Crippen LogP contribution in [-0.2, 0) is 13.0 Å². The van der Waals surface area contributed by atoms with Crippen LogP contribution < -0.4 is 0 Å². The third-order valence-electron chi connectivity index (χ3n) is 3.34. The molecule has 104 valence electrons. The predicted octanol–water partition coefficient (Wildman–Crippen LogP) is 3.13. The molecule has 0 amide bonds. The molecule has 0 N–H and O–H groups in total. The highest BCUT2D eigenvalue weighted by Gasteiger charge is 2.13. The van der Waals surface area contributed by atoms with Crippen molar-refractivity contribution in [2.24, 2.45) is 0 Å². The summed E-state index contributed by atoms with van der Waals surface area (Å²) in [5.41, 5.74) is 3.22. The van der Waals surface area contributed by atoms with Crippen LogP contribution in [0.3, 0.4) is 0 Å². The zero-order chi connectivity index (χ0) is 14.7. The first-order valence-corrected chi connectivity index (χ1v) is 7.21. The van der Waals surface area contributed by atoms with Crippen LogP contribution in [0.5, 0.6) is 0 Å². The zero-order valence-electron chi connectivity index (χ0n) is 11.3. The molecule has 2 heterocycles. The van der Waals surface area contributed by atoms with E-state index in [4.69, 9.17) is 11.6 Å². The minimum Gasteiger partial charge on any atom is -0.322 e. The normalized spacial score (nSPS) is 10.7. The highest BCUT2D eigenvalue weighted by Crippen LogP contribution is 2.21. The fourth-order valence-corrected chi connectivity index (χ4v) is 2.56. The molecule has 0 unspecified atom stereocenters. The lowest BCUT2D eigenvalue weighted by Gasteiger charge is -2.08. The summed E-state index contributed by atoms with van der Waals surface area (Å²) in [6.45, 7) is 0.623. The molecule has 0 fully saturated rings. The molecule has 5 heteroatoms. The van der Waals surface area contributed by atoms with E-state index in [1.54, 1.807) is 12.3 Å². The van der Waals surface area contributed by atoms with Gasteiger partial charge >= 0.3 is 0 Å². The summed E-state index contributed by atoms with van der Waals surface area (Å²) in [4.78, 5) is 8.96. The van der Waals surface area contributed by atoms with Crippen molar-refractivity contribution in [2.45, 2.75) is 13.0 Å². The van der Waals surface area contributed by atoms with Gasteiger partial charge in [-0.05, 0) is 24.3 Å². The molecule has 21 heavy (non-hydrogen) atoms. The number of nitriles is 1. The molecule has 3 rings (SSSR count). The Morgan fingerprint density at radius 3 is 2.81 bits per heavy atom. The van der Waals surface area contributed by atoms with Crippen molar-refractivity contribution >= 4 is 22.6 Å². The summed E-state index contributed by atoms with van der Waals surface area (Å²) in [6.07, 6.45) is 2.43. The smallest absolute Gasteiger partial charge is 0.111 e. The molecule has 0 saturated heterocycles. The molecule has 0 aliphatic heterocycles. The molecule has 0 aliphatic carbocycles. The van der Waals surface area contributed by atoms with Crippen LogP contribution in [0, 0.1) is 11.3 Å². The van der Waals surface area contributed by atoms with Crippen molar-refractivity contribution in [3.63, 3.8) is 0 Å². The largest absolute Gasteiger partial charge is 0.322 e. The monoisotopic (exact) mass is 296 g/mol. The number of imidazole rings is 1. The van der Waals surface area contributed by atoms with E-state index >= 15 is 0 Å². The third kappa shape index (κ3) is 2.61. The topological polar surface area (TPSA) is 54.5 Å². The zero-order valence-corrected chi connectivity index (χ0v) is 12.1. The van der Waals surface area contributed by atoms with E-state index in [2.05, 4.69) is 20.6 Å². The van der Waals surface area contributed by atoms with Gasteiger partial charge in [0.15, 0.2) is 0 Å². The average Bonchev–Trinajstić information content (AvgIpc) is 2.87. The first kappa shape index (κ1) is 13.6. The van der Waals surface area contributed by atoms with Gasteiger partial charge in [-0.25, -0.2) is 4.98 Å². The summed E-state index contributed by atoms with van der Waals surface area (Å²) in [7, 11) is 0. The Morgan fingerprint density at radius 1 is 1.19 bits per heavy atom. The van der Waals surface area contributed by atoms with Crippen molar-refractivity contribution in [2.75, 3.05) is 5.88 Å². The summed E-state index contributed by atoms with van der Waals surface area (Å²) < 4.78 is 2.08. The Hall–Kier alpha value is -2.38. The van der Waals surface area contributed by atoms with Crippen molar-refractivity contribution in [1.29, 1.82) is 5.26 Å². The number of aryl methyl sites for hydroxylation is 1. The van der Waals surface area contributed by atoms with Crippen LogP contribution in [0.2, 0.25) is 0 Å². The van der Waals surface area contributed by atoms with Crippen LogP contribution >= 0.6 is 11.6 Å². The molecule has 0 atom stereocenters. The lowest BCUT2D eigenvalue weighted by Crippen LogP contribution is -2.07. The van der Waals surface area contributed by atoms with Crippen LogP contribution in [0.1, 0.15) is 17.1 Å². The number of aromatic nitrogens is 3. The number of rotatable bonds is 4. The Balaban J connectivity index is 2.15. The van der Waals surface area contributed by atoms with Crippen molar-refractivity contribution < 1.29 is 0 Å². The maximum atomic E-state index is 9.22. The molecule has 0 radical (unpaired) electrons. The Bertz CT molecular complexity index is 802. The van der Waals surface area contributed by atoms with Gasteiger partial charge in [-0.15, -0.1) is 11.6 Å². The van der Waals surface area contributed by atoms with Gasteiger partial charge < -0.3 is 4.57 Å². The molecule has 0 bridgehead atoms. The van der Waals surface area contributed by atoms with Crippen LogP contribution in [-0.4, -0.2) is 20.4 Å². The molecule has 0 aliphatic rings. The van der Waals surface area contributed by atoms with Crippen LogP contribution in [0.4, 0.5) is 0 Å². The van der Waals surface area contributed by atoms with Gasteiger partial charge in [0.25, 0.3) is 0 Å². The Labute approximate surface area is 127 Å². The fourth-order valence-electron chi connectivity index (χ4n) is 2.39. The van der Waals surface area contributed by atoms with Gasteiger partial charge in [-0.3, -0.25) is 4.98 Å². The number of halogens is 1. The third-order valence-corrected chi connectivity index (χ3v) is 3.53. The maximum absolute atomic E-state index is 9.22. The highest BCUT2D eigenvalue weighted by molar-refractivity contribution is 6.17. The first-order valence-electron chi connectivity index (χ1n) is 6.67. The Morgan fingerprint density at radius 2 is 2.10 bits per heavy atom. The minimum atomic E-state index is 0.493. The van der Waals surface area contributed by atoms with Gasteiger partial charge in [-0.2, -0.15) is 5.26 Å². The van der Waals surface area contributed by atoms with Gasteiger partial charge in [0.2, 0.25) is 0 Å². The van der Waals surface area contributed by atoms with Gasteiger partial charge in [0.05, 0.1) is 23.3 Å². The number of para-hydroxylation sites is 1. The summed E-state index contributed by atoms with van der Waals surface area (Å²) >= 11 is 5.88. The number of nitrogens with zero attached hydrogens (tertiary/aromatic N) is 4. The average molecular weight is 297 g/mol. The van der Waals surface area contributed by atoms with Crippen LogP contribution in [0.15, 0.2) is 42.6 Å². The predicted molar refractivity (Wildman–Crippen MR) is 82.2 cm³/mol. The molecule has 1 aromatic carbocycles. The lowest BCUT2D eigenvalue weighted by molar-refractivity contribution is 0.738. The number of alkyl halides is 1. The van der Waals surface area contributed by atoms with E-state index in [1.165, 1.54) is 0 Å². The van der Waals surface area contributed by atoms with Gasteiger partial charge in [0.1, 0.15) is 17.4 Å². The van der Waals surface area contributed by atoms with E-state index < -0.39 is 0 Å². The number of benzene rings is 1. The molecular formula is C16H13ClN4. The highest BCUT2D eigenvalue weighted by atomic mass is 35.5. The standard InChI is InChI=1S/C16H13ClN4/c17-8-7-15-20-16-12(10-18)4-3-6-14(16)21(15)11-13-5-1-2-9-19-13/h1-6,9H,7-8,11H2. The van der Waals surface area contributed by atoms with E-state index in [0.717, 1.165) is 22.6 Å². The molecule has 0 spiro atoms. The maximum Gasteiger partial charge on any atom is 0.111 e. The molecule has 0 saturated carbocycles. The van der Waals surface area contributed by atoms with E-state index in [9.17, 15) is 5.26 Å². The summed E-state index contributed by atoms with van der Waals surface area (Å²) in [5.74, 6) is 1.38. The quantitative estimate of drug-likeness (QED) is 0.695. The second kappa shape index (κ2) is 5.94. The van der Waals surface area contributed by atoms with E-state index in [1.807, 2.05) is 30.3 Å². The van der Waals surface area contributed by atoms with Gasteiger partial charge in [0, 0.05) is 18.5 Å². The molecular weight excluding hydrogens is 284 g/mol. The van der Waals surface area contributed by atoms with E-state index in [0.29, 0.717) is 24.4 Å². The van der Waals surface area contributed by atoms with Crippen LogP contribution in [0.25, 0.3) is 11.0 Å².